The molecule has 0 aromatic carbocycles. The van der Waals surface area contributed by atoms with Crippen molar-refractivity contribution in [1.82, 2.24) is 14.8 Å². The lowest BCUT2D eigenvalue weighted by Crippen LogP contribution is -2.15. The van der Waals surface area contributed by atoms with Crippen LogP contribution in [0.25, 0.3) is 0 Å². The van der Waals surface area contributed by atoms with Gasteiger partial charge >= 0.3 is 0 Å². The van der Waals surface area contributed by atoms with Gasteiger partial charge in [-0.1, -0.05) is 6.42 Å². The van der Waals surface area contributed by atoms with E-state index in [0.717, 1.165) is 18.8 Å². The molecule has 12 heavy (non-hydrogen) atoms. The van der Waals surface area contributed by atoms with E-state index in [1.165, 1.54) is 12.8 Å². The number of aromatic nitrogens is 3. The van der Waals surface area contributed by atoms with Crippen LogP contribution in [0.15, 0.2) is 6.33 Å². The van der Waals surface area contributed by atoms with Crippen LogP contribution >= 0.6 is 0 Å². The van der Waals surface area contributed by atoms with Crippen LogP contribution in [-0.2, 0) is 6.54 Å². The lowest BCUT2D eigenvalue weighted by atomic mass is 10.0. The van der Waals surface area contributed by atoms with E-state index in [1.807, 2.05) is 6.33 Å². The summed E-state index contributed by atoms with van der Waals surface area (Å²) in [7, 11) is 0. The van der Waals surface area contributed by atoms with E-state index in [1.54, 1.807) is 0 Å². The molecule has 1 unspecified atom stereocenters. The van der Waals surface area contributed by atoms with Gasteiger partial charge in [-0.15, -0.1) is 10.2 Å². The maximum Gasteiger partial charge on any atom is 0.137 e. The third kappa shape index (κ3) is 1.22. The summed E-state index contributed by atoms with van der Waals surface area (Å²) in [6, 6.07) is 0. The molecule has 0 radical (unpaired) electrons. The zero-order valence-electron chi connectivity index (χ0n) is 7.11. The Kier molecular flexibility index (Phi) is 2.08. The second-order valence-corrected chi connectivity index (χ2v) is 3.31. The quantitative estimate of drug-likeness (QED) is 0.661. The molecule has 0 bridgehead atoms. The van der Waals surface area contributed by atoms with Gasteiger partial charge in [0.2, 0.25) is 0 Å². The van der Waals surface area contributed by atoms with Crippen molar-refractivity contribution in [1.29, 1.82) is 0 Å². The minimum absolute atomic E-state index is 0.426. The van der Waals surface area contributed by atoms with Crippen LogP contribution in [0.3, 0.4) is 0 Å². The van der Waals surface area contributed by atoms with Crippen LogP contribution in [0.1, 0.15) is 31.0 Å². The van der Waals surface area contributed by atoms with Crippen molar-refractivity contribution < 1.29 is 0 Å². The molecule has 66 valence electrons. The molecule has 2 rings (SSSR count). The standard InChI is InChI=1S/C8H14N4/c9-5-7-3-1-2-4-12-6-10-11-8(7)12/h6-7H,1-5,9H2. The summed E-state index contributed by atoms with van der Waals surface area (Å²) >= 11 is 0. The van der Waals surface area contributed by atoms with Crippen molar-refractivity contribution in [2.24, 2.45) is 5.73 Å². The molecule has 0 saturated carbocycles. The van der Waals surface area contributed by atoms with Crippen molar-refractivity contribution in [3.05, 3.63) is 12.2 Å². The number of rotatable bonds is 1. The molecule has 4 heteroatoms. The summed E-state index contributed by atoms with van der Waals surface area (Å²) in [5, 5.41) is 8.00. The summed E-state index contributed by atoms with van der Waals surface area (Å²) < 4.78 is 2.13. The number of hydrogen-bond donors (Lipinski definition) is 1. The predicted octanol–water partition coefficient (Wildman–Crippen LogP) is 0.504. The van der Waals surface area contributed by atoms with Gasteiger partial charge in [-0.05, 0) is 12.8 Å². The van der Waals surface area contributed by atoms with Gasteiger partial charge < -0.3 is 10.3 Å². The molecular weight excluding hydrogens is 152 g/mol. The first kappa shape index (κ1) is 7.73. The Labute approximate surface area is 71.8 Å². The van der Waals surface area contributed by atoms with Crippen molar-refractivity contribution in [3.63, 3.8) is 0 Å². The number of nitrogens with two attached hydrogens (primary N) is 1. The average molecular weight is 166 g/mol. The second-order valence-electron chi connectivity index (χ2n) is 3.31. The van der Waals surface area contributed by atoms with E-state index in [0.29, 0.717) is 12.5 Å². The van der Waals surface area contributed by atoms with E-state index >= 15 is 0 Å². The largest absolute Gasteiger partial charge is 0.330 e. The molecule has 0 fully saturated rings. The Balaban J connectivity index is 2.29. The fourth-order valence-electron chi connectivity index (χ4n) is 1.78. The molecule has 2 heterocycles. The predicted molar refractivity (Wildman–Crippen MR) is 45.7 cm³/mol. The first-order valence-corrected chi connectivity index (χ1v) is 4.49. The van der Waals surface area contributed by atoms with Gasteiger partial charge in [-0.25, -0.2) is 0 Å². The van der Waals surface area contributed by atoms with E-state index < -0.39 is 0 Å². The van der Waals surface area contributed by atoms with Crippen LogP contribution < -0.4 is 5.73 Å². The fourth-order valence-corrected chi connectivity index (χ4v) is 1.78. The molecule has 1 aliphatic rings. The monoisotopic (exact) mass is 166 g/mol. The van der Waals surface area contributed by atoms with Crippen molar-refractivity contribution in [2.45, 2.75) is 31.7 Å². The zero-order chi connectivity index (χ0) is 8.39. The van der Waals surface area contributed by atoms with Gasteiger partial charge in [0.1, 0.15) is 12.2 Å². The Hall–Kier alpha value is -0.900. The van der Waals surface area contributed by atoms with Crippen molar-refractivity contribution >= 4 is 0 Å². The Bertz CT molecular complexity index is 255. The van der Waals surface area contributed by atoms with Gasteiger partial charge in [0, 0.05) is 19.0 Å². The van der Waals surface area contributed by atoms with Gasteiger partial charge in [-0.2, -0.15) is 0 Å². The Morgan fingerprint density at radius 3 is 3.33 bits per heavy atom. The number of aryl methyl sites for hydroxylation is 1. The molecular formula is C8H14N4. The molecule has 4 nitrogen and oxygen atoms in total. The van der Waals surface area contributed by atoms with Crippen LogP contribution in [-0.4, -0.2) is 21.3 Å². The third-order valence-electron chi connectivity index (χ3n) is 2.50. The highest BCUT2D eigenvalue weighted by Crippen LogP contribution is 2.22. The molecule has 1 aromatic rings. The Morgan fingerprint density at radius 1 is 1.58 bits per heavy atom. The smallest absolute Gasteiger partial charge is 0.137 e. The summed E-state index contributed by atoms with van der Waals surface area (Å²) in [5.41, 5.74) is 5.67. The van der Waals surface area contributed by atoms with E-state index in [9.17, 15) is 0 Å². The first-order valence-electron chi connectivity index (χ1n) is 4.49. The second kappa shape index (κ2) is 3.23. The van der Waals surface area contributed by atoms with Gasteiger partial charge in [-0.3, -0.25) is 0 Å². The summed E-state index contributed by atoms with van der Waals surface area (Å²) in [6.45, 7) is 1.75. The van der Waals surface area contributed by atoms with Crippen LogP contribution in [0.4, 0.5) is 0 Å². The lowest BCUT2D eigenvalue weighted by molar-refractivity contribution is 0.589. The Morgan fingerprint density at radius 2 is 2.50 bits per heavy atom. The highest BCUT2D eigenvalue weighted by molar-refractivity contribution is 4.98. The molecule has 0 spiro atoms. The maximum absolute atomic E-state index is 5.67. The minimum Gasteiger partial charge on any atom is -0.330 e. The third-order valence-corrected chi connectivity index (χ3v) is 2.50. The van der Waals surface area contributed by atoms with E-state index in [4.69, 9.17) is 5.73 Å². The van der Waals surface area contributed by atoms with Gasteiger partial charge in [0.05, 0.1) is 0 Å². The zero-order valence-corrected chi connectivity index (χ0v) is 7.11. The van der Waals surface area contributed by atoms with Gasteiger partial charge in [0.25, 0.3) is 0 Å². The molecule has 1 aliphatic heterocycles. The average Bonchev–Trinajstić information content (AvgIpc) is 2.46. The van der Waals surface area contributed by atoms with Crippen molar-refractivity contribution in [2.75, 3.05) is 6.54 Å². The topological polar surface area (TPSA) is 56.7 Å². The van der Waals surface area contributed by atoms with Crippen LogP contribution in [0, 0.1) is 0 Å². The van der Waals surface area contributed by atoms with E-state index in [-0.39, 0.29) is 0 Å². The van der Waals surface area contributed by atoms with Gasteiger partial charge in [0.15, 0.2) is 0 Å². The first-order chi connectivity index (χ1) is 5.92. The highest BCUT2D eigenvalue weighted by atomic mass is 15.3. The lowest BCUT2D eigenvalue weighted by Gasteiger charge is -2.09. The normalized spacial score (nSPS) is 23.2. The molecule has 0 amide bonds. The number of nitrogens with zero attached hydrogens (tertiary/aromatic N) is 3. The highest BCUT2D eigenvalue weighted by Gasteiger charge is 2.18. The van der Waals surface area contributed by atoms with Crippen LogP contribution in [0.5, 0.6) is 0 Å². The van der Waals surface area contributed by atoms with Crippen LogP contribution in [0.2, 0.25) is 0 Å². The fraction of sp³-hybridized carbons (Fsp3) is 0.750. The summed E-state index contributed by atoms with van der Waals surface area (Å²) in [6.07, 6.45) is 5.45. The summed E-state index contributed by atoms with van der Waals surface area (Å²) in [5.74, 6) is 1.50. The maximum atomic E-state index is 5.67. The molecule has 0 saturated heterocycles. The molecule has 1 atom stereocenters. The van der Waals surface area contributed by atoms with Crippen molar-refractivity contribution in [3.8, 4) is 0 Å². The SMILES string of the molecule is NCC1CCCCn2cnnc21. The summed E-state index contributed by atoms with van der Waals surface area (Å²) in [4.78, 5) is 0. The molecule has 1 aromatic heterocycles. The number of hydrogen-bond acceptors (Lipinski definition) is 3. The molecule has 2 N–H and O–H groups in total. The van der Waals surface area contributed by atoms with E-state index in [2.05, 4.69) is 14.8 Å². The number of fused-ring (bicyclic) bond motifs is 1. The molecule has 0 aliphatic carbocycles. The minimum atomic E-state index is 0.426.